The van der Waals surface area contributed by atoms with Crippen LogP contribution in [0.2, 0.25) is 0 Å². The fraction of sp³-hybridized carbons (Fsp3) is 0.643. The summed E-state index contributed by atoms with van der Waals surface area (Å²) in [6.45, 7) is 5.04. The normalized spacial score (nSPS) is 16.0. The molecule has 0 atom stereocenters. The van der Waals surface area contributed by atoms with Crippen molar-refractivity contribution in [1.82, 2.24) is 9.62 Å². The fourth-order valence-corrected chi connectivity index (χ4v) is 5.13. The van der Waals surface area contributed by atoms with Crippen molar-refractivity contribution < 1.29 is 13.2 Å². The van der Waals surface area contributed by atoms with Crippen LogP contribution in [0, 0.1) is 0 Å². The lowest BCUT2D eigenvalue weighted by molar-refractivity contribution is -0.123. The highest BCUT2D eigenvalue weighted by atomic mass is 35.5. The number of sulfonamides is 1. The van der Waals surface area contributed by atoms with Crippen LogP contribution in [0.5, 0.6) is 0 Å². The molecule has 0 unspecified atom stereocenters. The molecule has 1 amide bonds. The molecule has 1 saturated carbocycles. The smallest absolute Gasteiger partial charge is 0.252 e. The highest BCUT2D eigenvalue weighted by Crippen LogP contribution is 2.32. The van der Waals surface area contributed by atoms with Crippen LogP contribution in [0.3, 0.4) is 0 Å². The molecular formula is C14H24ClN3O3S2. The molecule has 0 spiro atoms. The van der Waals surface area contributed by atoms with Gasteiger partial charge in [-0.3, -0.25) is 4.79 Å². The van der Waals surface area contributed by atoms with Crippen molar-refractivity contribution in [1.29, 1.82) is 0 Å². The van der Waals surface area contributed by atoms with E-state index in [2.05, 4.69) is 5.32 Å². The molecule has 3 N–H and O–H groups in total. The summed E-state index contributed by atoms with van der Waals surface area (Å²) >= 11 is 1.26. The van der Waals surface area contributed by atoms with E-state index in [1.165, 1.54) is 15.6 Å². The maximum Gasteiger partial charge on any atom is 0.252 e. The van der Waals surface area contributed by atoms with E-state index in [0.717, 1.165) is 17.7 Å². The zero-order valence-corrected chi connectivity index (χ0v) is 15.8. The fourth-order valence-electron chi connectivity index (χ4n) is 2.16. The average molecular weight is 382 g/mol. The molecule has 132 valence electrons. The SMILES string of the molecule is CCN(CC)S(=O)(=O)c1ccc(CCNC(=O)C2(N)CC2)s1.Cl. The zero-order chi connectivity index (χ0) is 16.4. The minimum absolute atomic E-state index is 0. The molecule has 1 heterocycles. The Morgan fingerprint density at radius 1 is 1.35 bits per heavy atom. The van der Waals surface area contributed by atoms with Crippen molar-refractivity contribution in [2.45, 2.75) is 42.9 Å². The largest absolute Gasteiger partial charge is 0.354 e. The predicted octanol–water partition coefficient (Wildman–Crippen LogP) is 1.35. The molecule has 2 rings (SSSR count). The highest BCUT2D eigenvalue weighted by molar-refractivity contribution is 7.91. The van der Waals surface area contributed by atoms with Gasteiger partial charge in [0, 0.05) is 24.5 Å². The number of nitrogens with one attached hydrogen (secondary N) is 1. The maximum absolute atomic E-state index is 12.4. The number of halogens is 1. The minimum Gasteiger partial charge on any atom is -0.354 e. The minimum atomic E-state index is -3.39. The Hall–Kier alpha value is -0.670. The van der Waals surface area contributed by atoms with Crippen LogP contribution in [0.25, 0.3) is 0 Å². The molecule has 0 bridgehead atoms. The van der Waals surface area contributed by atoms with E-state index in [4.69, 9.17) is 5.73 Å². The van der Waals surface area contributed by atoms with Crippen molar-refractivity contribution >= 4 is 39.7 Å². The van der Waals surface area contributed by atoms with E-state index >= 15 is 0 Å². The van der Waals surface area contributed by atoms with Crippen LogP contribution in [-0.2, 0) is 21.2 Å². The lowest BCUT2D eigenvalue weighted by atomic mass is 10.2. The number of rotatable bonds is 8. The van der Waals surface area contributed by atoms with E-state index in [1.54, 1.807) is 6.07 Å². The third-order valence-electron chi connectivity index (χ3n) is 3.83. The summed E-state index contributed by atoms with van der Waals surface area (Å²) in [4.78, 5) is 12.7. The molecule has 23 heavy (non-hydrogen) atoms. The molecule has 0 saturated heterocycles. The molecular weight excluding hydrogens is 358 g/mol. The molecule has 1 aromatic heterocycles. The third-order valence-corrected chi connectivity index (χ3v) is 7.50. The molecule has 1 fully saturated rings. The van der Waals surface area contributed by atoms with Gasteiger partial charge in [0.05, 0.1) is 5.54 Å². The number of nitrogens with two attached hydrogens (primary N) is 1. The Balaban J connectivity index is 0.00000264. The molecule has 0 aliphatic heterocycles. The van der Waals surface area contributed by atoms with Crippen molar-refractivity contribution in [2.24, 2.45) is 5.73 Å². The van der Waals surface area contributed by atoms with Gasteiger partial charge >= 0.3 is 0 Å². The van der Waals surface area contributed by atoms with Gasteiger partial charge in [-0.25, -0.2) is 8.42 Å². The van der Waals surface area contributed by atoms with E-state index in [1.807, 2.05) is 19.9 Å². The first-order valence-corrected chi connectivity index (χ1v) is 9.75. The first-order chi connectivity index (χ1) is 10.3. The first-order valence-electron chi connectivity index (χ1n) is 7.49. The number of carbonyl (C=O) groups is 1. The van der Waals surface area contributed by atoms with Gasteiger partial charge in [0.1, 0.15) is 4.21 Å². The number of nitrogens with zero attached hydrogens (tertiary/aromatic N) is 1. The Bertz CT molecular complexity index is 637. The Labute approximate surface area is 147 Å². The summed E-state index contributed by atoms with van der Waals surface area (Å²) < 4.78 is 26.6. The van der Waals surface area contributed by atoms with Gasteiger partial charge in [-0.15, -0.1) is 23.7 Å². The number of carbonyl (C=O) groups excluding carboxylic acids is 1. The summed E-state index contributed by atoms with van der Waals surface area (Å²) in [6.07, 6.45) is 2.09. The molecule has 1 aliphatic carbocycles. The second-order valence-electron chi connectivity index (χ2n) is 5.47. The van der Waals surface area contributed by atoms with Crippen LogP contribution in [0.15, 0.2) is 16.3 Å². The molecule has 0 aromatic carbocycles. The topological polar surface area (TPSA) is 92.5 Å². The standard InChI is InChI=1S/C14H23N3O3S2.ClH/c1-3-17(4-2)22(19,20)12-6-5-11(21-12)7-10-16-13(18)14(15)8-9-14;/h5-6H,3-4,7-10,15H2,1-2H3,(H,16,18);1H. The Kier molecular flexibility index (Phi) is 7.03. The van der Waals surface area contributed by atoms with Crippen molar-refractivity contribution in [3.05, 3.63) is 17.0 Å². The summed E-state index contributed by atoms with van der Waals surface area (Å²) in [5.74, 6) is -0.111. The van der Waals surface area contributed by atoms with Gasteiger partial charge in [-0.2, -0.15) is 4.31 Å². The van der Waals surface area contributed by atoms with Crippen molar-refractivity contribution in [3.8, 4) is 0 Å². The van der Waals surface area contributed by atoms with Gasteiger partial charge < -0.3 is 11.1 Å². The average Bonchev–Trinajstić information content (AvgIpc) is 3.04. The third kappa shape index (κ3) is 4.67. The van der Waals surface area contributed by atoms with Crippen LogP contribution in [0.1, 0.15) is 31.6 Å². The lowest BCUT2D eigenvalue weighted by Gasteiger charge is -2.16. The van der Waals surface area contributed by atoms with E-state index < -0.39 is 15.6 Å². The highest BCUT2D eigenvalue weighted by Gasteiger charge is 2.45. The van der Waals surface area contributed by atoms with Crippen LogP contribution in [0.4, 0.5) is 0 Å². The molecule has 1 aromatic rings. The van der Waals surface area contributed by atoms with Crippen LogP contribution >= 0.6 is 23.7 Å². The van der Waals surface area contributed by atoms with Gasteiger partial charge in [-0.05, 0) is 31.4 Å². The van der Waals surface area contributed by atoms with Crippen molar-refractivity contribution in [3.63, 3.8) is 0 Å². The molecule has 0 radical (unpaired) electrons. The summed E-state index contributed by atoms with van der Waals surface area (Å²) in [7, 11) is -3.39. The quantitative estimate of drug-likeness (QED) is 0.710. The van der Waals surface area contributed by atoms with E-state index in [0.29, 0.717) is 30.3 Å². The number of amides is 1. The molecule has 9 heteroatoms. The van der Waals surface area contributed by atoms with Crippen LogP contribution < -0.4 is 11.1 Å². The van der Waals surface area contributed by atoms with Crippen molar-refractivity contribution in [2.75, 3.05) is 19.6 Å². The number of thiophene rings is 1. The van der Waals surface area contributed by atoms with Crippen LogP contribution in [-0.4, -0.2) is 43.8 Å². The van der Waals surface area contributed by atoms with E-state index in [-0.39, 0.29) is 18.3 Å². The molecule has 1 aliphatic rings. The van der Waals surface area contributed by atoms with E-state index in [9.17, 15) is 13.2 Å². The van der Waals surface area contributed by atoms with Gasteiger partial charge in [0.2, 0.25) is 5.91 Å². The Morgan fingerprint density at radius 2 is 1.96 bits per heavy atom. The first kappa shape index (κ1) is 20.4. The molecule has 6 nitrogen and oxygen atoms in total. The second kappa shape index (κ2) is 7.94. The van der Waals surface area contributed by atoms with Gasteiger partial charge in [0.25, 0.3) is 10.0 Å². The maximum atomic E-state index is 12.4. The summed E-state index contributed by atoms with van der Waals surface area (Å²) in [6, 6.07) is 3.45. The lowest BCUT2D eigenvalue weighted by Crippen LogP contribution is -2.43. The predicted molar refractivity (Wildman–Crippen MR) is 94.5 cm³/mol. The monoisotopic (exact) mass is 381 g/mol. The Morgan fingerprint density at radius 3 is 2.48 bits per heavy atom. The second-order valence-corrected chi connectivity index (χ2v) is 8.81. The summed E-state index contributed by atoms with van der Waals surface area (Å²) in [5, 5.41) is 2.81. The van der Waals surface area contributed by atoms with Gasteiger partial charge in [0.15, 0.2) is 0 Å². The zero-order valence-electron chi connectivity index (χ0n) is 13.4. The number of hydrogen-bond acceptors (Lipinski definition) is 5. The summed E-state index contributed by atoms with van der Waals surface area (Å²) in [5.41, 5.74) is 5.14. The van der Waals surface area contributed by atoms with Gasteiger partial charge in [-0.1, -0.05) is 13.8 Å². The number of hydrogen-bond donors (Lipinski definition) is 2.